The van der Waals surface area contributed by atoms with Crippen LogP contribution in [0.5, 0.6) is 0 Å². The Balaban J connectivity index is 4.48. The Labute approximate surface area is 122 Å². The van der Waals surface area contributed by atoms with Crippen molar-refractivity contribution in [3.63, 3.8) is 0 Å². The van der Waals surface area contributed by atoms with E-state index in [4.69, 9.17) is 14.2 Å². The van der Waals surface area contributed by atoms with Crippen LogP contribution in [0.3, 0.4) is 0 Å². The fourth-order valence-electron chi connectivity index (χ4n) is 1.76. The highest BCUT2D eigenvalue weighted by Gasteiger charge is 2.32. The number of ether oxygens (including phenoxy) is 3. The number of rotatable bonds is 11. The number of esters is 2. The van der Waals surface area contributed by atoms with E-state index in [2.05, 4.69) is 0 Å². The summed E-state index contributed by atoms with van der Waals surface area (Å²) in [5.74, 6) is -0.442. The zero-order valence-electron chi connectivity index (χ0n) is 13.2. The summed E-state index contributed by atoms with van der Waals surface area (Å²) in [5.41, 5.74) is -0.457. The number of hydrogen-bond donors (Lipinski definition) is 0. The SMILES string of the molecule is CCCC(=O)OCC(CC)(COC)COC(=O)CCC. The van der Waals surface area contributed by atoms with Crippen molar-refractivity contribution in [2.45, 2.75) is 52.9 Å². The Morgan fingerprint density at radius 1 is 0.850 bits per heavy atom. The number of carbonyl (C=O) groups excluding carboxylic acids is 2. The molecule has 0 spiro atoms. The van der Waals surface area contributed by atoms with E-state index in [0.717, 1.165) is 12.8 Å². The molecule has 0 bridgehead atoms. The van der Waals surface area contributed by atoms with Crippen molar-refractivity contribution in [2.75, 3.05) is 26.9 Å². The molecule has 0 aromatic carbocycles. The predicted molar refractivity (Wildman–Crippen MR) is 76.3 cm³/mol. The predicted octanol–water partition coefficient (Wildman–Crippen LogP) is 2.72. The van der Waals surface area contributed by atoms with E-state index in [1.54, 1.807) is 7.11 Å². The van der Waals surface area contributed by atoms with Gasteiger partial charge in [0.15, 0.2) is 0 Å². The molecular formula is C15H28O5. The van der Waals surface area contributed by atoms with E-state index >= 15 is 0 Å². The van der Waals surface area contributed by atoms with Crippen molar-refractivity contribution in [3.05, 3.63) is 0 Å². The normalized spacial score (nSPS) is 11.2. The van der Waals surface area contributed by atoms with Crippen molar-refractivity contribution < 1.29 is 23.8 Å². The maximum Gasteiger partial charge on any atom is 0.305 e. The molecule has 20 heavy (non-hydrogen) atoms. The molecule has 0 atom stereocenters. The third-order valence-electron chi connectivity index (χ3n) is 3.19. The van der Waals surface area contributed by atoms with Gasteiger partial charge >= 0.3 is 11.9 Å². The molecule has 0 aromatic heterocycles. The van der Waals surface area contributed by atoms with Crippen molar-refractivity contribution in [1.29, 1.82) is 0 Å². The van der Waals surface area contributed by atoms with Gasteiger partial charge in [-0.3, -0.25) is 9.59 Å². The van der Waals surface area contributed by atoms with Gasteiger partial charge in [0.25, 0.3) is 0 Å². The summed E-state index contributed by atoms with van der Waals surface area (Å²) in [6.45, 7) is 6.65. The Kier molecular flexibility index (Phi) is 10.1. The van der Waals surface area contributed by atoms with Crippen LogP contribution >= 0.6 is 0 Å². The standard InChI is InChI=1S/C15H28O5/c1-5-8-13(16)19-11-15(7-3,10-18-4)12-20-14(17)9-6-2/h5-12H2,1-4H3. The van der Waals surface area contributed by atoms with Crippen molar-refractivity contribution >= 4 is 11.9 Å². The topological polar surface area (TPSA) is 61.8 Å². The molecule has 0 radical (unpaired) electrons. The average Bonchev–Trinajstić information content (AvgIpc) is 2.43. The van der Waals surface area contributed by atoms with Gasteiger partial charge in [-0.2, -0.15) is 0 Å². The van der Waals surface area contributed by atoms with Crippen LogP contribution in [0.1, 0.15) is 52.9 Å². The summed E-state index contributed by atoms with van der Waals surface area (Å²) in [7, 11) is 1.59. The first-order chi connectivity index (χ1) is 9.53. The molecule has 0 aliphatic carbocycles. The molecule has 5 nitrogen and oxygen atoms in total. The molecule has 0 unspecified atom stereocenters. The Morgan fingerprint density at radius 2 is 1.30 bits per heavy atom. The van der Waals surface area contributed by atoms with Crippen molar-refractivity contribution in [2.24, 2.45) is 5.41 Å². The summed E-state index contributed by atoms with van der Waals surface area (Å²) in [5, 5.41) is 0. The van der Waals surface area contributed by atoms with E-state index in [0.29, 0.717) is 25.9 Å². The van der Waals surface area contributed by atoms with Crippen LogP contribution in [-0.2, 0) is 23.8 Å². The Bertz CT molecular complexity index is 266. The molecule has 0 saturated heterocycles. The molecule has 118 valence electrons. The van der Waals surface area contributed by atoms with Gasteiger partial charge in [0.2, 0.25) is 0 Å². The van der Waals surface area contributed by atoms with Crippen LogP contribution in [-0.4, -0.2) is 38.9 Å². The van der Waals surface area contributed by atoms with Crippen LogP contribution in [0.2, 0.25) is 0 Å². The molecular weight excluding hydrogens is 260 g/mol. The number of hydrogen-bond acceptors (Lipinski definition) is 5. The summed E-state index contributed by atoms with van der Waals surface area (Å²) < 4.78 is 15.7. The molecule has 0 aliphatic rings. The fraction of sp³-hybridized carbons (Fsp3) is 0.867. The zero-order chi connectivity index (χ0) is 15.4. The average molecular weight is 288 g/mol. The van der Waals surface area contributed by atoms with Gasteiger partial charge in [-0.05, 0) is 19.3 Å². The summed E-state index contributed by atoms with van der Waals surface area (Å²) in [6, 6.07) is 0. The highest BCUT2D eigenvalue weighted by Crippen LogP contribution is 2.24. The third kappa shape index (κ3) is 7.48. The zero-order valence-corrected chi connectivity index (χ0v) is 13.2. The summed E-state index contributed by atoms with van der Waals surface area (Å²) in [4.78, 5) is 23.0. The first-order valence-corrected chi connectivity index (χ1v) is 7.33. The molecule has 0 heterocycles. The smallest absolute Gasteiger partial charge is 0.305 e. The van der Waals surface area contributed by atoms with E-state index in [9.17, 15) is 9.59 Å². The lowest BCUT2D eigenvalue weighted by atomic mass is 9.88. The van der Waals surface area contributed by atoms with Crippen molar-refractivity contribution in [3.8, 4) is 0 Å². The first kappa shape index (κ1) is 18.9. The van der Waals surface area contributed by atoms with Gasteiger partial charge in [-0.15, -0.1) is 0 Å². The first-order valence-electron chi connectivity index (χ1n) is 7.33. The molecule has 5 heteroatoms. The number of carbonyl (C=O) groups is 2. The van der Waals surface area contributed by atoms with Gasteiger partial charge in [0.05, 0.1) is 12.0 Å². The van der Waals surface area contributed by atoms with Crippen LogP contribution in [0, 0.1) is 5.41 Å². The van der Waals surface area contributed by atoms with Crippen LogP contribution < -0.4 is 0 Å². The van der Waals surface area contributed by atoms with Gasteiger partial charge < -0.3 is 14.2 Å². The van der Waals surface area contributed by atoms with E-state index in [1.165, 1.54) is 0 Å². The van der Waals surface area contributed by atoms with Crippen molar-refractivity contribution in [1.82, 2.24) is 0 Å². The molecule has 0 aliphatic heterocycles. The van der Waals surface area contributed by atoms with Gasteiger partial charge in [-0.25, -0.2) is 0 Å². The minimum atomic E-state index is -0.457. The molecule has 0 N–H and O–H groups in total. The third-order valence-corrected chi connectivity index (χ3v) is 3.19. The summed E-state index contributed by atoms with van der Waals surface area (Å²) >= 11 is 0. The summed E-state index contributed by atoms with van der Waals surface area (Å²) in [6.07, 6.45) is 3.03. The second-order valence-electron chi connectivity index (χ2n) is 5.11. The fourth-order valence-corrected chi connectivity index (χ4v) is 1.76. The maximum absolute atomic E-state index is 11.5. The Hall–Kier alpha value is -1.10. The minimum absolute atomic E-state index is 0.218. The quantitative estimate of drug-likeness (QED) is 0.547. The molecule has 0 rings (SSSR count). The Morgan fingerprint density at radius 3 is 1.60 bits per heavy atom. The van der Waals surface area contributed by atoms with Crippen LogP contribution in [0.25, 0.3) is 0 Å². The second kappa shape index (κ2) is 10.7. The highest BCUT2D eigenvalue weighted by atomic mass is 16.6. The lowest BCUT2D eigenvalue weighted by Crippen LogP contribution is -2.38. The van der Waals surface area contributed by atoms with Crippen LogP contribution in [0.15, 0.2) is 0 Å². The minimum Gasteiger partial charge on any atom is -0.465 e. The molecule has 0 amide bonds. The monoisotopic (exact) mass is 288 g/mol. The molecule has 0 saturated carbocycles. The van der Waals surface area contributed by atoms with E-state index in [1.807, 2.05) is 20.8 Å². The molecule has 0 aromatic rings. The maximum atomic E-state index is 11.5. The van der Waals surface area contributed by atoms with Gasteiger partial charge in [0, 0.05) is 20.0 Å². The lowest BCUT2D eigenvalue weighted by Gasteiger charge is -2.30. The lowest BCUT2D eigenvalue weighted by molar-refractivity contribution is -0.157. The van der Waals surface area contributed by atoms with E-state index < -0.39 is 5.41 Å². The largest absolute Gasteiger partial charge is 0.465 e. The highest BCUT2D eigenvalue weighted by molar-refractivity contribution is 5.69. The molecule has 0 fully saturated rings. The number of methoxy groups -OCH3 is 1. The van der Waals surface area contributed by atoms with Gasteiger partial charge in [-0.1, -0.05) is 20.8 Å². The van der Waals surface area contributed by atoms with Crippen LogP contribution in [0.4, 0.5) is 0 Å². The second-order valence-corrected chi connectivity index (χ2v) is 5.11. The van der Waals surface area contributed by atoms with E-state index in [-0.39, 0.29) is 25.2 Å². The van der Waals surface area contributed by atoms with Gasteiger partial charge in [0.1, 0.15) is 13.2 Å².